The van der Waals surface area contributed by atoms with Crippen molar-refractivity contribution >= 4 is 87.1 Å². The van der Waals surface area contributed by atoms with E-state index in [1.54, 1.807) is 57.6 Å². The van der Waals surface area contributed by atoms with Crippen molar-refractivity contribution in [1.29, 1.82) is 0 Å². The minimum absolute atomic E-state index is 0.0686. The van der Waals surface area contributed by atoms with Gasteiger partial charge in [-0.3, -0.25) is 14.0 Å². The number of aromatic nitrogens is 9. The zero-order valence-corrected chi connectivity index (χ0v) is 53.8. The first kappa shape index (κ1) is 65.9. The third-order valence-electron chi connectivity index (χ3n) is 15.9. The summed E-state index contributed by atoms with van der Waals surface area (Å²) in [6, 6.07) is 14.5. The average molecular weight is 1350 g/mol. The highest BCUT2D eigenvalue weighted by atomic mass is 35.5. The van der Waals surface area contributed by atoms with Crippen molar-refractivity contribution in [3.05, 3.63) is 175 Å². The molecule has 9 heterocycles. The molecule has 12 rings (SSSR count). The number of piperidine rings is 3. The molecular formula is C63H66Cl6F3N15O3. The lowest BCUT2D eigenvalue weighted by Gasteiger charge is -2.22. The second-order valence-electron chi connectivity index (χ2n) is 21.9. The number of rotatable bonds is 15. The zero-order valence-electron chi connectivity index (χ0n) is 49.2. The van der Waals surface area contributed by atoms with Crippen LogP contribution < -0.4 is 47.4 Å². The Bertz CT molecular complexity index is 3550. The van der Waals surface area contributed by atoms with E-state index in [0.717, 1.165) is 111 Å². The smallest absolute Gasteiger partial charge is 0.166 e. The summed E-state index contributed by atoms with van der Waals surface area (Å²) in [5.74, 6) is 0.0908. The lowest BCUT2D eigenvalue weighted by atomic mass is 10.1. The van der Waals surface area contributed by atoms with E-state index in [1.807, 2.05) is 51.2 Å². The van der Waals surface area contributed by atoms with Gasteiger partial charge in [0.2, 0.25) is 0 Å². The van der Waals surface area contributed by atoms with E-state index in [9.17, 15) is 13.2 Å². The van der Waals surface area contributed by atoms with Crippen molar-refractivity contribution in [2.24, 2.45) is 0 Å². The topological polar surface area (TPSA) is 234 Å². The maximum Gasteiger partial charge on any atom is 0.166 e. The van der Waals surface area contributed by atoms with Crippen LogP contribution >= 0.6 is 69.6 Å². The molecule has 0 unspecified atom stereocenters. The highest BCUT2D eigenvalue weighted by molar-refractivity contribution is 6.37. The number of pyridine rings is 3. The van der Waals surface area contributed by atoms with Crippen LogP contribution in [0.3, 0.4) is 0 Å². The van der Waals surface area contributed by atoms with E-state index in [0.29, 0.717) is 67.1 Å². The number of nitrogen functional groups attached to an aromatic ring is 3. The lowest BCUT2D eigenvalue weighted by molar-refractivity contribution is 0.227. The molecule has 90 heavy (non-hydrogen) atoms. The second kappa shape index (κ2) is 29.9. The van der Waals surface area contributed by atoms with E-state index in [4.69, 9.17) is 101 Å². The zero-order chi connectivity index (χ0) is 63.8. The van der Waals surface area contributed by atoms with Gasteiger partial charge >= 0.3 is 0 Å². The Morgan fingerprint density at radius 2 is 0.667 bits per heavy atom. The maximum atomic E-state index is 13.9. The van der Waals surface area contributed by atoms with Crippen molar-refractivity contribution in [3.8, 4) is 50.6 Å². The minimum Gasteiger partial charge on any atom is -0.482 e. The number of benzene rings is 3. The van der Waals surface area contributed by atoms with Crippen molar-refractivity contribution in [1.82, 2.24) is 60.2 Å². The molecule has 0 saturated carbocycles. The maximum absolute atomic E-state index is 13.9. The molecule has 0 aliphatic carbocycles. The Kier molecular flexibility index (Phi) is 21.9. The first-order valence-electron chi connectivity index (χ1n) is 29.2. The average Bonchev–Trinajstić information content (AvgIpc) is 1.82. The quantitative estimate of drug-likeness (QED) is 0.0524. The second-order valence-corrected chi connectivity index (χ2v) is 24.3. The molecule has 27 heteroatoms. The summed E-state index contributed by atoms with van der Waals surface area (Å²) in [5.41, 5.74) is 24.4. The number of nitrogens with one attached hydrogen (secondary N) is 3. The number of nitrogens with zero attached hydrogens (tertiary/aromatic N) is 9. The van der Waals surface area contributed by atoms with Crippen LogP contribution in [-0.2, 0) is 0 Å². The van der Waals surface area contributed by atoms with Gasteiger partial charge in [-0.05, 0) is 153 Å². The van der Waals surface area contributed by atoms with Crippen LogP contribution in [0.2, 0.25) is 30.1 Å². The summed E-state index contributed by atoms with van der Waals surface area (Å²) in [7, 11) is 0. The van der Waals surface area contributed by atoms with Gasteiger partial charge in [-0.15, -0.1) is 0 Å². The Balaban J connectivity index is 0.000000148. The highest BCUT2D eigenvalue weighted by Crippen LogP contribution is 2.41. The van der Waals surface area contributed by atoms with Gasteiger partial charge < -0.3 is 47.4 Å². The van der Waals surface area contributed by atoms with Crippen molar-refractivity contribution in [2.45, 2.75) is 95.7 Å². The van der Waals surface area contributed by atoms with Crippen LogP contribution in [0.5, 0.6) is 17.2 Å². The number of ether oxygens (including phenoxy) is 3. The largest absolute Gasteiger partial charge is 0.482 e. The molecule has 0 radical (unpaired) electrons. The summed E-state index contributed by atoms with van der Waals surface area (Å²) in [6.07, 6.45) is 20.9. The van der Waals surface area contributed by atoms with Gasteiger partial charge in [-0.25, -0.2) is 28.1 Å². The SMILES string of the molecule is C[C@H](Oc1cc(-c2cnn(C3CCNCC3)c2)cnc1N)c1c(Cl)ccc(F)c1Cl.C[C@H](Oc1cc(-c2cnn(C3CCNCC3)c2)cnc1N)c1c(Cl)ccc(F)c1Cl.C[C@H](Oc1cc(-c2cnn(C3CCNCC3)c2)cnc1N)c1c(Cl)ccc(F)c1Cl. The number of hydrogen-bond donors (Lipinski definition) is 6. The van der Waals surface area contributed by atoms with Gasteiger partial charge in [-0.2, -0.15) is 15.3 Å². The molecule has 0 amide bonds. The molecule has 9 N–H and O–H groups in total. The number of nitrogens with two attached hydrogens (primary N) is 3. The monoisotopic (exact) mass is 1350 g/mol. The Morgan fingerprint density at radius 3 is 0.922 bits per heavy atom. The fraction of sp³-hybridized carbons (Fsp3) is 0.333. The predicted octanol–water partition coefficient (Wildman–Crippen LogP) is 15.1. The first-order chi connectivity index (χ1) is 43.3. The number of halogens is 9. The molecule has 474 valence electrons. The fourth-order valence-corrected chi connectivity index (χ4v) is 12.9. The fourth-order valence-electron chi connectivity index (χ4n) is 10.9. The van der Waals surface area contributed by atoms with E-state index in [-0.39, 0.29) is 32.5 Å². The predicted molar refractivity (Wildman–Crippen MR) is 349 cm³/mol. The normalized spacial score (nSPS) is 15.9. The number of anilines is 3. The third kappa shape index (κ3) is 15.6. The first-order valence-corrected chi connectivity index (χ1v) is 31.5. The molecule has 3 fully saturated rings. The molecule has 18 nitrogen and oxygen atoms in total. The van der Waals surface area contributed by atoms with Gasteiger partial charge in [0.15, 0.2) is 34.7 Å². The van der Waals surface area contributed by atoms with Crippen molar-refractivity contribution < 1.29 is 27.4 Å². The van der Waals surface area contributed by atoms with Crippen LogP contribution in [0.15, 0.2) is 110 Å². The number of hydrogen-bond acceptors (Lipinski definition) is 15. The molecule has 3 atom stereocenters. The minimum atomic E-state index is -0.627. The molecule has 3 aromatic carbocycles. The molecule has 0 bridgehead atoms. The molecule has 0 spiro atoms. The van der Waals surface area contributed by atoms with Gasteiger partial charge in [0.25, 0.3) is 0 Å². The third-order valence-corrected chi connectivity index (χ3v) is 18.0. The summed E-state index contributed by atoms with van der Waals surface area (Å²) in [4.78, 5) is 12.8. The molecule has 6 aromatic heterocycles. The Morgan fingerprint density at radius 1 is 0.411 bits per heavy atom. The molecule has 3 aliphatic rings. The van der Waals surface area contributed by atoms with Gasteiger partial charge in [0, 0.05) is 102 Å². The lowest BCUT2D eigenvalue weighted by Crippen LogP contribution is -2.29. The highest BCUT2D eigenvalue weighted by Gasteiger charge is 2.26. The Hall–Kier alpha value is -7.05. The summed E-state index contributed by atoms with van der Waals surface area (Å²) in [6.45, 7) is 11.1. The van der Waals surface area contributed by atoms with Gasteiger partial charge in [0.1, 0.15) is 35.8 Å². The van der Waals surface area contributed by atoms with Gasteiger partial charge in [0.05, 0.1) is 51.8 Å². The molecule has 9 aromatic rings. The van der Waals surface area contributed by atoms with E-state index in [1.165, 1.54) is 36.4 Å². The van der Waals surface area contributed by atoms with E-state index in [2.05, 4.69) is 46.2 Å². The van der Waals surface area contributed by atoms with Crippen LogP contribution in [0.25, 0.3) is 33.4 Å². The summed E-state index contributed by atoms with van der Waals surface area (Å²) in [5, 5.41) is 24.4. The van der Waals surface area contributed by atoms with Crippen molar-refractivity contribution in [3.63, 3.8) is 0 Å². The summed E-state index contributed by atoms with van der Waals surface area (Å²) >= 11 is 36.9. The van der Waals surface area contributed by atoms with Crippen LogP contribution in [0, 0.1) is 17.5 Å². The van der Waals surface area contributed by atoms with Crippen LogP contribution in [0.1, 0.15) is 112 Å². The van der Waals surface area contributed by atoms with Crippen LogP contribution in [0.4, 0.5) is 30.6 Å². The Labute approximate surface area is 548 Å². The van der Waals surface area contributed by atoms with Crippen molar-refractivity contribution in [2.75, 3.05) is 56.5 Å². The van der Waals surface area contributed by atoms with Gasteiger partial charge in [-0.1, -0.05) is 69.6 Å². The van der Waals surface area contributed by atoms with Crippen LogP contribution in [-0.4, -0.2) is 83.6 Å². The molecule has 3 aliphatic heterocycles. The molecule has 3 saturated heterocycles. The molecular weight excluding hydrogens is 1280 g/mol. The summed E-state index contributed by atoms with van der Waals surface area (Å²) < 4.78 is 65.6. The van der Waals surface area contributed by atoms with E-state index >= 15 is 0 Å². The standard InChI is InChI=1S/3C21H22Cl2FN5O/c3*1-12(19-16(22)2-3-17(24)20(19)23)30-18-8-13(9-27-21(18)25)14-10-28-29(11-14)15-4-6-26-7-5-15/h3*2-3,8-12,15,26H,4-7H2,1H3,(H2,25,27)/t3*12-/m000/s1. The van der Waals surface area contributed by atoms with E-state index < -0.39 is 35.8 Å².